The molecule has 2 unspecified atom stereocenters. The molecular weight excluding hydrogens is 186 g/mol. The lowest BCUT2D eigenvalue weighted by Gasteiger charge is -2.17. The highest BCUT2D eigenvalue weighted by Crippen LogP contribution is 2.25. The number of rotatable bonds is 3. The van der Waals surface area contributed by atoms with Crippen molar-refractivity contribution in [2.75, 3.05) is 0 Å². The second-order valence-corrected chi connectivity index (χ2v) is 4.57. The van der Waals surface area contributed by atoms with Gasteiger partial charge in [0.25, 0.3) is 0 Å². The van der Waals surface area contributed by atoms with Gasteiger partial charge in [-0.15, -0.1) is 0 Å². The quantitative estimate of drug-likeness (QED) is 0.795. The number of phenolic OH excluding ortho intramolecular Hbond substituents is 1. The minimum absolute atomic E-state index is 0.355. The number of hydrogen-bond acceptors (Lipinski definition) is 2. The average molecular weight is 205 g/mol. The SMILES string of the molecule is CC1CCCC1NCc1cccc(O)c1. The molecule has 1 aliphatic rings. The van der Waals surface area contributed by atoms with Crippen LogP contribution in [0.5, 0.6) is 5.75 Å². The van der Waals surface area contributed by atoms with Crippen molar-refractivity contribution in [2.45, 2.75) is 38.8 Å². The molecule has 0 aromatic heterocycles. The van der Waals surface area contributed by atoms with E-state index in [-0.39, 0.29) is 0 Å². The highest BCUT2D eigenvalue weighted by Gasteiger charge is 2.22. The maximum atomic E-state index is 9.33. The zero-order valence-corrected chi connectivity index (χ0v) is 9.24. The molecule has 0 amide bonds. The maximum Gasteiger partial charge on any atom is 0.115 e. The van der Waals surface area contributed by atoms with Crippen LogP contribution in [-0.2, 0) is 6.54 Å². The van der Waals surface area contributed by atoms with E-state index in [1.807, 2.05) is 18.2 Å². The Kier molecular flexibility index (Phi) is 3.27. The number of hydrogen-bond donors (Lipinski definition) is 2. The third kappa shape index (κ3) is 2.72. The maximum absolute atomic E-state index is 9.33. The molecule has 2 rings (SSSR count). The highest BCUT2D eigenvalue weighted by molar-refractivity contribution is 5.26. The molecule has 15 heavy (non-hydrogen) atoms. The van der Waals surface area contributed by atoms with Crippen molar-refractivity contribution in [2.24, 2.45) is 5.92 Å². The van der Waals surface area contributed by atoms with Gasteiger partial charge in [0.2, 0.25) is 0 Å². The van der Waals surface area contributed by atoms with E-state index < -0.39 is 0 Å². The van der Waals surface area contributed by atoms with Gasteiger partial charge in [-0.25, -0.2) is 0 Å². The Morgan fingerprint density at radius 2 is 2.27 bits per heavy atom. The summed E-state index contributed by atoms with van der Waals surface area (Å²) in [5, 5.41) is 12.9. The minimum Gasteiger partial charge on any atom is -0.508 e. The van der Waals surface area contributed by atoms with Crippen LogP contribution >= 0.6 is 0 Å². The molecule has 0 bridgehead atoms. The second kappa shape index (κ2) is 4.67. The molecule has 1 aliphatic carbocycles. The molecule has 1 saturated carbocycles. The monoisotopic (exact) mass is 205 g/mol. The summed E-state index contributed by atoms with van der Waals surface area (Å²) in [6, 6.07) is 8.14. The van der Waals surface area contributed by atoms with E-state index in [0.29, 0.717) is 11.8 Å². The van der Waals surface area contributed by atoms with Crippen LogP contribution in [0.4, 0.5) is 0 Å². The zero-order valence-electron chi connectivity index (χ0n) is 9.24. The first-order valence-electron chi connectivity index (χ1n) is 5.77. The van der Waals surface area contributed by atoms with Crippen LogP contribution in [0, 0.1) is 5.92 Å². The molecule has 0 spiro atoms. The van der Waals surface area contributed by atoms with E-state index in [0.717, 1.165) is 18.0 Å². The summed E-state index contributed by atoms with van der Waals surface area (Å²) < 4.78 is 0. The number of nitrogens with one attached hydrogen (secondary N) is 1. The molecule has 1 fully saturated rings. The Balaban J connectivity index is 1.87. The lowest BCUT2D eigenvalue weighted by atomic mass is 10.1. The normalized spacial score (nSPS) is 25.7. The van der Waals surface area contributed by atoms with Gasteiger partial charge in [-0.1, -0.05) is 25.5 Å². The number of phenols is 1. The van der Waals surface area contributed by atoms with Crippen molar-refractivity contribution in [1.29, 1.82) is 0 Å². The van der Waals surface area contributed by atoms with Crippen molar-refractivity contribution in [1.82, 2.24) is 5.32 Å². The smallest absolute Gasteiger partial charge is 0.115 e. The molecule has 0 radical (unpaired) electrons. The van der Waals surface area contributed by atoms with Gasteiger partial charge in [-0.05, 0) is 36.5 Å². The molecule has 2 nitrogen and oxygen atoms in total. The van der Waals surface area contributed by atoms with Crippen molar-refractivity contribution < 1.29 is 5.11 Å². The fourth-order valence-corrected chi connectivity index (χ4v) is 2.36. The third-order valence-electron chi connectivity index (χ3n) is 3.34. The van der Waals surface area contributed by atoms with Crippen LogP contribution in [0.3, 0.4) is 0 Å². The van der Waals surface area contributed by atoms with Gasteiger partial charge in [-0.2, -0.15) is 0 Å². The topological polar surface area (TPSA) is 32.3 Å². The fraction of sp³-hybridized carbons (Fsp3) is 0.538. The average Bonchev–Trinajstić information content (AvgIpc) is 2.61. The van der Waals surface area contributed by atoms with Crippen molar-refractivity contribution in [3.05, 3.63) is 29.8 Å². The summed E-state index contributed by atoms with van der Waals surface area (Å²) in [4.78, 5) is 0. The summed E-state index contributed by atoms with van der Waals surface area (Å²) >= 11 is 0. The largest absolute Gasteiger partial charge is 0.508 e. The van der Waals surface area contributed by atoms with Crippen LogP contribution in [0.1, 0.15) is 31.7 Å². The molecular formula is C13H19NO. The summed E-state index contributed by atoms with van der Waals surface area (Å²) in [6.07, 6.45) is 3.98. The Hall–Kier alpha value is -1.02. The first kappa shape index (κ1) is 10.5. The minimum atomic E-state index is 0.355. The molecule has 0 saturated heterocycles. The van der Waals surface area contributed by atoms with Gasteiger partial charge in [0.1, 0.15) is 5.75 Å². The molecule has 0 heterocycles. The second-order valence-electron chi connectivity index (χ2n) is 4.57. The summed E-state index contributed by atoms with van der Waals surface area (Å²) in [6.45, 7) is 3.18. The summed E-state index contributed by atoms with van der Waals surface area (Å²) in [5.74, 6) is 1.15. The molecule has 82 valence electrons. The Bertz CT molecular complexity index is 324. The van der Waals surface area contributed by atoms with Gasteiger partial charge in [-0.3, -0.25) is 0 Å². The van der Waals surface area contributed by atoms with Crippen molar-refractivity contribution in [3.8, 4) is 5.75 Å². The standard InChI is InChI=1S/C13H19NO/c1-10-4-2-7-13(10)14-9-11-5-3-6-12(15)8-11/h3,5-6,8,10,13-15H,2,4,7,9H2,1H3. The molecule has 2 heteroatoms. The zero-order chi connectivity index (χ0) is 10.7. The first-order chi connectivity index (χ1) is 7.25. The fourth-order valence-electron chi connectivity index (χ4n) is 2.36. The van der Waals surface area contributed by atoms with E-state index in [2.05, 4.69) is 12.2 Å². The highest BCUT2D eigenvalue weighted by atomic mass is 16.3. The Morgan fingerprint density at radius 3 is 2.93 bits per heavy atom. The van der Waals surface area contributed by atoms with Gasteiger partial charge < -0.3 is 10.4 Å². The van der Waals surface area contributed by atoms with Crippen LogP contribution in [-0.4, -0.2) is 11.1 Å². The lowest BCUT2D eigenvalue weighted by molar-refractivity contribution is 0.425. The van der Waals surface area contributed by atoms with E-state index in [1.165, 1.54) is 19.3 Å². The predicted molar refractivity (Wildman–Crippen MR) is 61.7 cm³/mol. The molecule has 0 aliphatic heterocycles. The van der Waals surface area contributed by atoms with Crippen LogP contribution in [0.2, 0.25) is 0 Å². The molecule has 2 atom stereocenters. The van der Waals surface area contributed by atoms with Gasteiger partial charge in [0.15, 0.2) is 0 Å². The summed E-state index contributed by atoms with van der Waals surface area (Å²) in [5.41, 5.74) is 1.16. The first-order valence-corrected chi connectivity index (χ1v) is 5.77. The summed E-state index contributed by atoms with van der Waals surface area (Å²) in [7, 11) is 0. The Morgan fingerprint density at radius 1 is 1.40 bits per heavy atom. The molecule has 1 aromatic rings. The van der Waals surface area contributed by atoms with Crippen LogP contribution in [0.25, 0.3) is 0 Å². The van der Waals surface area contributed by atoms with Gasteiger partial charge >= 0.3 is 0 Å². The van der Waals surface area contributed by atoms with Crippen molar-refractivity contribution >= 4 is 0 Å². The van der Waals surface area contributed by atoms with Crippen LogP contribution < -0.4 is 5.32 Å². The molecule has 2 N–H and O–H groups in total. The number of benzene rings is 1. The lowest BCUT2D eigenvalue weighted by Crippen LogP contribution is -2.30. The van der Waals surface area contributed by atoms with E-state index in [4.69, 9.17) is 0 Å². The van der Waals surface area contributed by atoms with Crippen LogP contribution in [0.15, 0.2) is 24.3 Å². The van der Waals surface area contributed by atoms with Crippen molar-refractivity contribution in [3.63, 3.8) is 0 Å². The van der Waals surface area contributed by atoms with Gasteiger partial charge in [0, 0.05) is 12.6 Å². The predicted octanol–water partition coefficient (Wildman–Crippen LogP) is 2.67. The molecule has 1 aromatic carbocycles. The third-order valence-corrected chi connectivity index (χ3v) is 3.34. The van der Waals surface area contributed by atoms with Gasteiger partial charge in [0.05, 0.1) is 0 Å². The van der Waals surface area contributed by atoms with E-state index >= 15 is 0 Å². The van der Waals surface area contributed by atoms with E-state index in [1.54, 1.807) is 6.07 Å². The van der Waals surface area contributed by atoms with E-state index in [9.17, 15) is 5.11 Å². The Labute approximate surface area is 91.3 Å². The number of aromatic hydroxyl groups is 1.